The molecular weight excluding hydrogens is 463 g/mol. The second-order valence-electron chi connectivity index (χ2n) is 6.93. The van der Waals surface area contributed by atoms with Crippen LogP contribution in [0.2, 0.25) is 0 Å². The van der Waals surface area contributed by atoms with Gasteiger partial charge in [-0.2, -0.15) is 13.2 Å². The molecule has 2 aromatic heterocycles. The number of alkyl halides is 3. The van der Waals surface area contributed by atoms with Gasteiger partial charge in [0.15, 0.2) is 12.8 Å². The summed E-state index contributed by atoms with van der Waals surface area (Å²) in [4.78, 5) is 20.4. The first-order valence-electron chi connectivity index (χ1n) is 9.93. The van der Waals surface area contributed by atoms with Crippen LogP contribution in [-0.4, -0.2) is 44.3 Å². The summed E-state index contributed by atoms with van der Waals surface area (Å²) in [6.07, 6.45) is -4.96. The number of fused-ring (bicyclic) bond motifs is 1. The van der Waals surface area contributed by atoms with E-state index in [2.05, 4.69) is 9.97 Å². The molecule has 0 bridgehead atoms. The standard InChI is InChI=1S/C21H22F3N3O5S/c1-4-30-20(28)32-14(3)27-17-8-6-5-7-15(17)26-19(27)33(29)11-16-13(2)18(9-10-25-16)31-12-21(22,23)24/h5-10,14H,4,11-12H2,1-3H3/t14?,33-/m1/s1. The maximum Gasteiger partial charge on any atom is 0.510 e. The molecule has 0 aliphatic rings. The molecule has 0 saturated heterocycles. The van der Waals surface area contributed by atoms with Gasteiger partial charge in [0.1, 0.15) is 5.75 Å². The van der Waals surface area contributed by atoms with Crippen molar-refractivity contribution in [1.82, 2.24) is 14.5 Å². The van der Waals surface area contributed by atoms with Gasteiger partial charge in [-0.1, -0.05) is 12.1 Å². The molecule has 8 nitrogen and oxygen atoms in total. The molecule has 0 spiro atoms. The van der Waals surface area contributed by atoms with Crippen molar-refractivity contribution in [2.45, 2.75) is 44.1 Å². The minimum absolute atomic E-state index is 0.00170. The van der Waals surface area contributed by atoms with Crippen LogP contribution in [0.15, 0.2) is 41.7 Å². The number of hydrogen-bond donors (Lipinski definition) is 0. The second-order valence-corrected chi connectivity index (χ2v) is 8.27. The van der Waals surface area contributed by atoms with E-state index in [1.807, 2.05) is 0 Å². The van der Waals surface area contributed by atoms with Crippen LogP contribution in [0.25, 0.3) is 11.0 Å². The molecular formula is C21H22F3N3O5S. The molecule has 2 atom stereocenters. The van der Waals surface area contributed by atoms with E-state index >= 15 is 0 Å². The lowest BCUT2D eigenvalue weighted by molar-refractivity contribution is -0.153. The number of benzene rings is 1. The van der Waals surface area contributed by atoms with Crippen molar-refractivity contribution in [2.24, 2.45) is 0 Å². The van der Waals surface area contributed by atoms with E-state index in [1.54, 1.807) is 45.0 Å². The number of aromatic nitrogens is 3. The van der Waals surface area contributed by atoms with Gasteiger partial charge in [-0.25, -0.2) is 9.78 Å². The maximum absolute atomic E-state index is 13.3. The molecule has 3 aromatic rings. The van der Waals surface area contributed by atoms with Crippen molar-refractivity contribution < 1.29 is 36.4 Å². The highest BCUT2D eigenvalue weighted by Crippen LogP contribution is 2.28. The van der Waals surface area contributed by atoms with E-state index < -0.39 is 36.0 Å². The SMILES string of the molecule is CCOC(=O)OC(C)n1c([S@](=O)Cc2nccc(OCC(F)(F)F)c2C)nc2ccccc21. The molecule has 1 unspecified atom stereocenters. The number of pyridine rings is 1. The summed E-state index contributed by atoms with van der Waals surface area (Å²) in [5.74, 6) is -0.133. The summed E-state index contributed by atoms with van der Waals surface area (Å²) in [7, 11) is -1.78. The molecule has 0 aliphatic carbocycles. The average Bonchev–Trinajstić information content (AvgIpc) is 3.14. The first kappa shape index (κ1) is 24.5. The monoisotopic (exact) mass is 485 g/mol. The lowest BCUT2D eigenvalue weighted by atomic mass is 10.2. The van der Waals surface area contributed by atoms with Gasteiger partial charge >= 0.3 is 12.3 Å². The van der Waals surface area contributed by atoms with Gasteiger partial charge < -0.3 is 14.2 Å². The summed E-state index contributed by atoms with van der Waals surface area (Å²) >= 11 is 0. The zero-order valence-electron chi connectivity index (χ0n) is 18.1. The molecule has 0 saturated carbocycles. The van der Waals surface area contributed by atoms with Gasteiger partial charge in [0.2, 0.25) is 5.16 Å². The van der Waals surface area contributed by atoms with Gasteiger partial charge in [-0.15, -0.1) is 0 Å². The quantitative estimate of drug-likeness (QED) is 0.428. The van der Waals surface area contributed by atoms with Crippen molar-refractivity contribution in [3.8, 4) is 5.75 Å². The molecule has 0 radical (unpaired) electrons. The third-order valence-electron chi connectivity index (χ3n) is 4.58. The van der Waals surface area contributed by atoms with E-state index in [0.29, 0.717) is 22.3 Å². The minimum atomic E-state index is -4.49. The third-order valence-corrected chi connectivity index (χ3v) is 5.81. The molecule has 0 N–H and O–H groups in total. The van der Waals surface area contributed by atoms with Gasteiger partial charge in [0.25, 0.3) is 0 Å². The Morgan fingerprint density at radius 2 is 1.97 bits per heavy atom. The third kappa shape index (κ3) is 6.01. The fourth-order valence-corrected chi connectivity index (χ4v) is 4.42. The van der Waals surface area contributed by atoms with Crippen LogP contribution in [0.1, 0.15) is 31.3 Å². The normalized spacial score (nSPS) is 13.5. The van der Waals surface area contributed by atoms with Crippen LogP contribution in [0.5, 0.6) is 5.75 Å². The lowest BCUT2D eigenvalue weighted by Gasteiger charge is -2.18. The van der Waals surface area contributed by atoms with E-state index in [-0.39, 0.29) is 23.3 Å². The first-order chi connectivity index (χ1) is 15.6. The predicted octanol–water partition coefficient (Wildman–Crippen LogP) is 4.68. The number of rotatable bonds is 8. The molecule has 178 valence electrons. The molecule has 12 heteroatoms. The number of hydrogen-bond acceptors (Lipinski definition) is 7. The van der Waals surface area contributed by atoms with E-state index in [1.165, 1.54) is 16.8 Å². The Kier molecular flexibility index (Phi) is 7.57. The van der Waals surface area contributed by atoms with Crippen molar-refractivity contribution >= 4 is 28.0 Å². The van der Waals surface area contributed by atoms with E-state index in [9.17, 15) is 22.2 Å². The zero-order valence-corrected chi connectivity index (χ0v) is 18.9. The molecule has 2 heterocycles. The highest BCUT2D eigenvalue weighted by molar-refractivity contribution is 7.84. The Morgan fingerprint density at radius 3 is 2.67 bits per heavy atom. The molecule has 3 rings (SSSR count). The smallest absolute Gasteiger partial charge is 0.484 e. The van der Waals surface area contributed by atoms with E-state index in [0.717, 1.165) is 0 Å². The number of para-hydroxylation sites is 2. The molecule has 0 amide bonds. The lowest BCUT2D eigenvalue weighted by Crippen LogP contribution is -2.20. The fourth-order valence-electron chi connectivity index (χ4n) is 3.09. The Hall–Kier alpha value is -3.15. The zero-order chi connectivity index (χ0) is 24.2. The number of carbonyl (C=O) groups excluding carboxylic acids is 1. The number of ether oxygens (including phenoxy) is 3. The van der Waals surface area contributed by atoms with Crippen molar-refractivity contribution in [2.75, 3.05) is 13.2 Å². The Balaban J connectivity index is 1.91. The minimum Gasteiger partial charge on any atom is -0.484 e. The van der Waals surface area contributed by atoms with Gasteiger partial charge in [0, 0.05) is 11.8 Å². The molecule has 0 fully saturated rings. The summed E-state index contributed by atoms with van der Waals surface area (Å²) in [6, 6.07) is 8.30. The summed E-state index contributed by atoms with van der Waals surface area (Å²) < 4.78 is 67.3. The fraction of sp³-hybridized carbons (Fsp3) is 0.381. The Bertz CT molecular complexity index is 1170. The first-order valence-corrected chi connectivity index (χ1v) is 11.3. The summed E-state index contributed by atoms with van der Waals surface area (Å²) in [5.41, 5.74) is 1.76. The summed E-state index contributed by atoms with van der Waals surface area (Å²) in [6.45, 7) is 3.45. The largest absolute Gasteiger partial charge is 0.510 e. The van der Waals surface area contributed by atoms with Crippen molar-refractivity contribution in [3.63, 3.8) is 0 Å². The number of nitrogens with zero attached hydrogens (tertiary/aromatic N) is 3. The van der Waals surface area contributed by atoms with Gasteiger partial charge in [0.05, 0.1) is 39.9 Å². The number of carbonyl (C=O) groups is 1. The van der Waals surface area contributed by atoms with Crippen molar-refractivity contribution in [3.05, 3.63) is 47.8 Å². The number of imidazole rings is 1. The number of halogens is 3. The van der Waals surface area contributed by atoms with Crippen LogP contribution in [0.3, 0.4) is 0 Å². The van der Waals surface area contributed by atoms with Crippen LogP contribution >= 0.6 is 0 Å². The topological polar surface area (TPSA) is 92.5 Å². The Morgan fingerprint density at radius 1 is 1.24 bits per heavy atom. The highest BCUT2D eigenvalue weighted by Gasteiger charge is 2.29. The average molecular weight is 485 g/mol. The molecule has 1 aromatic carbocycles. The van der Waals surface area contributed by atoms with E-state index in [4.69, 9.17) is 14.2 Å². The second kappa shape index (κ2) is 10.2. The van der Waals surface area contributed by atoms with Gasteiger partial charge in [-0.05, 0) is 39.0 Å². The predicted molar refractivity (Wildman–Crippen MR) is 113 cm³/mol. The van der Waals surface area contributed by atoms with Crippen molar-refractivity contribution in [1.29, 1.82) is 0 Å². The van der Waals surface area contributed by atoms with Crippen LogP contribution in [-0.2, 0) is 26.0 Å². The molecule has 0 aliphatic heterocycles. The van der Waals surface area contributed by atoms with Crippen LogP contribution in [0, 0.1) is 6.92 Å². The summed E-state index contributed by atoms with van der Waals surface area (Å²) in [5, 5.41) is 0.121. The molecule has 33 heavy (non-hydrogen) atoms. The van der Waals surface area contributed by atoms with Gasteiger partial charge in [-0.3, -0.25) is 13.8 Å². The van der Waals surface area contributed by atoms with Crippen LogP contribution in [0.4, 0.5) is 18.0 Å². The Labute approximate surface area is 190 Å². The van der Waals surface area contributed by atoms with Crippen LogP contribution < -0.4 is 4.74 Å². The maximum atomic E-state index is 13.3. The highest BCUT2D eigenvalue weighted by atomic mass is 32.2.